The fourth-order valence-electron chi connectivity index (χ4n) is 1.70. The summed E-state index contributed by atoms with van der Waals surface area (Å²) in [5.74, 6) is -0.669. The van der Waals surface area contributed by atoms with Crippen molar-refractivity contribution < 1.29 is 22.9 Å². The number of amides is 1. The number of carbonyl (C=O) groups is 1. The van der Waals surface area contributed by atoms with Crippen molar-refractivity contribution >= 4 is 33.2 Å². The number of hydrogen-bond acceptors (Lipinski definition) is 5. The van der Waals surface area contributed by atoms with Gasteiger partial charge in [0.1, 0.15) is 5.69 Å². The SMILES string of the molecule is O=C(NNc1ccc(C(F)(F)F)cc1[N+](=O)[O-])c1cncc(Br)c1. The third kappa shape index (κ3) is 4.19. The van der Waals surface area contributed by atoms with Crippen LogP contribution in [0.25, 0.3) is 0 Å². The van der Waals surface area contributed by atoms with Gasteiger partial charge in [-0.25, -0.2) is 0 Å². The van der Waals surface area contributed by atoms with Gasteiger partial charge in [0.25, 0.3) is 11.6 Å². The number of pyridine rings is 1. The summed E-state index contributed by atoms with van der Waals surface area (Å²) >= 11 is 3.12. The van der Waals surface area contributed by atoms with Crippen LogP contribution >= 0.6 is 15.9 Å². The second-order valence-electron chi connectivity index (χ2n) is 4.46. The summed E-state index contributed by atoms with van der Waals surface area (Å²) in [6, 6.07) is 3.36. The third-order valence-corrected chi connectivity index (χ3v) is 3.23. The predicted octanol–water partition coefficient (Wildman–Crippen LogP) is 3.53. The number of halogens is 4. The van der Waals surface area contributed by atoms with E-state index >= 15 is 0 Å². The minimum atomic E-state index is -4.71. The van der Waals surface area contributed by atoms with E-state index in [1.165, 1.54) is 18.5 Å². The Bertz CT molecular complexity index is 798. The highest BCUT2D eigenvalue weighted by Crippen LogP contribution is 2.34. The number of rotatable bonds is 4. The summed E-state index contributed by atoms with van der Waals surface area (Å²) in [5.41, 5.74) is 2.27. The second kappa shape index (κ2) is 6.83. The zero-order valence-electron chi connectivity index (χ0n) is 11.6. The van der Waals surface area contributed by atoms with Gasteiger partial charge in [-0.3, -0.25) is 30.7 Å². The molecule has 0 unspecified atom stereocenters. The number of hydrogen-bond donors (Lipinski definition) is 2. The van der Waals surface area contributed by atoms with E-state index < -0.39 is 28.3 Å². The number of hydrazine groups is 1. The Kier molecular flexibility index (Phi) is 5.02. The molecule has 24 heavy (non-hydrogen) atoms. The number of carbonyl (C=O) groups excluding carboxylic acids is 1. The Morgan fingerprint density at radius 2 is 1.96 bits per heavy atom. The van der Waals surface area contributed by atoms with E-state index in [9.17, 15) is 28.1 Å². The van der Waals surface area contributed by atoms with E-state index in [1.54, 1.807) is 0 Å². The monoisotopic (exact) mass is 404 g/mol. The summed E-state index contributed by atoms with van der Waals surface area (Å²) < 4.78 is 38.4. The molecular weight excluding hydrogens is 397 g/mol. The van der Waals surface area contributed by atoms with E-state index in [2.05, 4.69) is 31.8 Å². The van der Waals surface area contributed by atoms with Crippen LogP contribution in [0.5, 0.6) is 0 Å². The summed E-state index contributed by atoms with van der Waals surface area (Å²) in [4.78, 5) is 25.6. The number of nitro groups is 1. The Hall–Kier alpha value is -2.69. The molecule has 126 valence electrons. The topological polar surface area (TPSA) is 97.2 Å². The zero-order valence-corrected chi connectivity index (χ0v) is 13.2. The number of aromatic nitrogens is 1. The van der Waals surface area contributed by atoms with Crippen LogP contribution in [0.2, 0.25) is 0 Å². The van der Waals surface area contributed by atoms with Gasteiger partial charge in [0.15, 0.2) is 0 Å². The van der Waals surface area contributed by atoms with Crippen molar-refractivity contribution in [2.45, 2.75) is 6.18 Å². The van der Waals surface area contributed by atoms with Crippen molar-refractivity contribution in [1.82, 2.24) is 10.4 Å². The Morgan fingerprint density at radius 3 is 2.54 bits per heavy atom. The highest BCUT2D eigenvalue weighted by molar-refractivity contribution is 9.10. The lowest BCUT2D eigenvalue weighted by atomic mass is 10.1. The minimum absolute atomic E-state index is 0.145. The molecule has 0 saturated heterocycles. The molecule has 11 heteroatoms. The van der Waals surface area contributed by atoms with E-state index in [4.69, 9.17) is 0 Å². The number of benzene rings is 1. The van der Waals surface area contributed by atoms with E-state index in [-0.39, 0.29) is 11.3 Å². The van der Waals surface area contributed by atoms with Gasteiger partial charge in [-0.15, -0.1) is 0 Å². The van der Waals surface area contributed by atoms with Crippen LogP contribution in [0.1, 0.15) is 15.9 Å². The van der Waals surface area contributed by atoms with Crippen LogP contribution in [-0.4, -0.2) is 15.8 Å². The summed E-state index contributed by atoms with van der Waals surface area (Å²) in [6.45, 7) is 0. The first-order valence-corrected chi connectivity index (χ1v) is 7.00. The van der Waals surface area contributed by atoms with Crippen LogP contribution in [-0.2, 0) is 6.18 Å². The molecule has 2 N–H and O–H groups in total. The van der Waals surface area contributed by atoms with Crippen LogP contribution in [0.15, 0.2) is 41.1 Å². The largest absolute Gasteiger partial charge is 0.416 e. The van der Waals surface area contributed by atoms with Crippen LogP contribution in [0.4, 0.5) is 24.5 Å². The lowest BCUT2D eigenvalue weighted by Crippen LogP contribution is -2.29. The molecule has 0 aliphatic heterocycles. The van der Waals surface area contributed by atoms with Gasteiger partial charge in [-0.2, -0.15) is 13.2 Å². The zero-order chi connectivity index (χ0) is 17.9. The Morgan fingerprint density at radius 1 is 1.25 bits per heavy atom. The van der Waals surface area contributed by atoms with Crippen molar-refractivity contribution in [2.24, 2.45) is 0 Å². The average molecular weight is 405 g/mol. The highest BCUT2D eigenvalue weighted by Gasteiger charge is 2.33. The maximum atomic E-state index is 12.6. The predicted molar refractivity (Wildman–Crippen MR) is 81.1 cm³/mol. The smallest absolute Gasteiger partial charge is 0.292 e. The van der Waals surface area contributed by atoms with Gasteiger partial charge in [-0.05, 0) is 34.1 Å². The Balaban J connectivity index is 2.20. The normalized spacial score (nSPS) is 11.0. The number of nitrogens with zero attached hydrogens (tertiary/aromatic N) is 2. The van der Waals surface area contributed by atoms with Crippen LogP contribution in [0.3, 0.4) is 0 Å². The number of nitro benzene ring substituents is 1. The second-order valence-corrected chi connectivity index (χ2v) is 5.37. The lowest BCUT2D eigenvalue weighted by Gasteiger charge is -2.11. The van der Waals surface area contributed by atoms with Gasteiger partial charge in [0.2, 0.25) is 0 Å². The van der Waals surface area contributed by atoms with E-state index in [0.717, 1.165) is 6.07 Å². The molecule has 1 heterocycles. The lowest BCUT2D eigenvalue weighted by molar-refractivity contribution is -0.384. The van der Waals surface area contributed by atoms with Gasteiger partial charge < -0.3 is 0 Å². The quantitative estimate of drug-likeness (QED) is 0.599. The van der Waals surface area contributed by atoms with Gasteiger partial charge in [-0.1, -0.05) is 0 Å². The first kappa shape index (κ1) is 17.7. The van der Waals surface area contributed by atoms with Crippen molar-refractivity contribution in [2.75, 3.05) is 5.43 Å². The first-order valence-electron chi connectivity index (χ1n) is 6.21. The van der Waals surface area contributed by atoms with Gasteiger partial charge in [0.05, 0.1) is 16.1 Å². The number of anilines is 1. The van der Waals surface area contributed by atoms with Crippen molar-refractivity contribution in [1.29, 1.82) is 0 Å². The molecule has 1 aromatic heterocycles. The highest BCUT2D eigenvalue weighted by atomic mass is 79.9. The molecule has 1 amide bonds. The standard InChI is InChI=1S/C13H8BrF3N4O3/c14-9-3-7(5-18-6-9)12(22)20-19-10-2-1-8(13(15,16)17)4-11(10)21(23)24/h1-6,19H,(H,20,22). The molecule has 0 radical (unpaired) electrons. The van der Waals surface area contributed by atoms with Crippen molar-refractivity contribution in [3.8, 4) is 0 Å². The molecule has 0 fully saturated rings. The van der Waals surface area contributed by atoms with Crippen LogP contribution < -0.4 is 10.9 Å². The molecule has 0 aliphatic rings. The maximum Gasteiger partial charge on any atom is 0.416 e. The summed E-state index contributed by atoms with van der Waals surface area (Å²) in [7, 11) is 0. The number of nitrogens with one attached hydrogen (secondary N) is 2. The van der Waals surface area contributed by atoms with Gasteiger partial charge in [0, 0.05) is 22.9 Å². The molecule has 2 aromatic rings. The Labute approximate surface area is 141 Å². The van der Waals surface area contributed by atoms with E-state index in [1.807, 2.05) is 0 Å². The minimum Gasteiger partial charge on any atom is -0.292 e. The third-order valence-electron chi connectivity index (χ3n) is 2.80. The maximum absolute atomic E-state index is 12.6. The fourth-order valence-corrected chi connectivity index (χ4v) is 2.06. The molecular formula is C13H8BrF3N4O3. The molecule has 0 bridgehead atoms. The molecule has 1 aromatic carbocycles. The number of alkyl halides is 3. The summed E-state index contributed by atoms with van der Waals surface area (Å²) in [6.07, 6.45) is -2.01. The first-order chi connectivity index (χ1) is 11.2. The molecule has 2 rings (SSSR count). The summed E-state index contributed by atoms with van der Waals surface area (Å²) in [5, 5.41) is 10.9. The molecule has 7 nitrogen and oxygen atoms in total. The average Bonchev–Trinajstić information content (AvgIpc) is 2.51. The van der Waals surface area contributed by atoms with Crippen molar-refractivity contribution in [3.05, 3.63) is 62.4 Å². The molecule has 0 atom stereocenters. The van der Waals surface area contributed by atoms with Gasteiger partial charge >= 0.3 is 6.18 Å². The molecule has 0 aliphatic carbocycles. The van der Waals surface area contributed by atoms with Crippen LogP contribution in [0, 0.1) is 10.1 Å². The van der Waals surface area contributed by atoms with E-state index in [0.29, 0.717) is 16.6 Å². The molecule has 0 spiro atoms. The molecule has 0 saturated carbocycles. The fraction of sp³-hybridized carbons (Fsp3) is 0.0769. The van der Waals surface area contributed by atoms with Crippen molar-refractivity contribution in [3.63, 3.8) is 0 Å².